The van der Waals surface area contributed by atoms with E-state index in [0.29, 0.717) is 61.6 Å². The molecule has 1 saturated heterocycles. The number of hydrogen-bond donors (Lipinski definition) is 2. The van der Waals surface area contributed by atoms with Crippen LogP contribution in [0.25, 0.3) is 0 Å². The third-order valence-electron chi connectivity index (χ3n) is 12.8. The van der Waals surface area contributed by atoms with Gasteiger partial charge in [0.05, 0.1) is 25.4 Å². The minimum Gasteiger partial charge on any atom is -0.393 e. The summed E-state index contributed by atoms with van der Waals surface area (Å²) < 4.78 is 5.99. The molecule has 0 bridgehead atoms. The van der Waals surface area contributed by atoms with Crippen molar-refractivity contribution in [2.45, 2.75) is 103 Å². The van der Waals surface area contributed by atoms with Crippen LogP contribution in [-0.2, 0) is 9.53 Å². The lowest BCUT2D eigenvalue weighted by atomic mass is 9.43. The fraction of sp³-hybridized carbons (Fsp3) is 0.794. The van der Waals surface area contributed by atoms with Crippen LogP contribution < -0.4 is 0 Å². The normalized spacial score (nSPS) is 44.7. The molecule has 0 spiro atoms. The van der Waals surface area contributed by atoms with Crippen molar-refractivity contribution in [2.24, 2.45) is 46.3 Å². The Morgan fingerprint density at radius 1 is 1.03 bits per heavy atom. The molecule has 5 fully saturated rings. The first-order valence-electron chi connectivity index (χ1n) is 16.0. The molecular formula is C34H51NO4. The van der Waals surface area contributed by atoms with Crippen LogP contribution in [0.4, 0.5) is 0 Å². The topological polar surface area (TPSA) is 70.0 Å². The predicted molar refractivity (Wildman–Crippen MR) is 153 cm³/mol. The van der Waals surface area contributed by atoms with Crippen molar-refractivity contribution in [3.05, 3.63) is 35.9 Å². The molecule has 5 aliphatic rings. The van der Waals surface area contributed by atoms with Crippen LogP contribution in [0.15, 0.2) is 30.3 Å². The summed E-state index contributed by atoms with van der Waals surface area (Å²) in [6.07, 6.45) is 9.87. The number of carbonyl (C=O) groups excluding carboxylic acids is 1. The van der Waals surface area contributed by atoms with Crippen LogP contribution in [0.5, 0.6) is 0 Å². The molecule has 0 radical (unpaired) electrons. The van der Waals surface area contributed by atoms with Crippen LogP contribution in [0, 0.1) is 46.3 Å². The molecule has 1 heterocycles. The van der Waals surface area contributed by atoms with Gasteiger partial charge in [0.15, 0.2) is 0 Å². The van der Waals surface area contributed by atoms with E-state index in [9.17, 15) is 15.0 Å². The highest BCUT2D eigenvalue weighted by atomic mass is 16.5. The number of ether oxygens (including phenoxy) is 1. The average molecular weight is 538 g/mol. The maximum atomic E-state index is 13.3. The average Bonchev–Trinajstić information content (AvgIpc) is 3.30. The van der Waals surface area contributed by atoms with Gasteiger partial charge in [0.1, 0.15) is 6.10 Å². The molecular weight excluding hydrogens is 486 g/mol. The standard InChI is InChI=1S/C34H51NO4/c1-22(9-12-31(38)35-17-18-39-30(21-35)23-7-5-4-6-8-23)26-10-11-27-32-28(14-16-34(26,27)3)33(2)15-13-25(36)19-24(33)20-29(32)37/h4-8,22,24-30,32,36-37H,9-21H2,1-3H3/t22-,24-,25-,26+,27-,28-,29+,30-,32+,33+,34-/m1/s1. The second-order valence-electron chi connectivity index (χ2n) is 14.6. The van der Waals surface area contributed by atoms with Gasteiger partial charge in [-0.05, 0) is 110 Å². The summed E-state index contributed by atoms with van der Waals surface area (Å²) in [4.78, 5) is 15.3. The molecule has 1 aromatic carbocycles. The summed E-state index contributed by atoms with van der Waals surface area (Å²) >= 11 is 0. The Bertz CT molecular complexity index is 1020. The maximum absolute atomic E-state index is 13.3. The quantitative estimate of drug-likeness (QED) is 0.484. The zero-order valence-electron chi connectivity index (χ0n) is 24.4. The van der Waals surface area contributed by atoms with E-state index in [0.717, 1.165) is 37.7 Å². The van der Waals surface area contributed by atoms with Crippen LogP contribution in [0.3, 0.4) is 0 Å². The highest BCUT2D eigenvalue weighted by Gasteiger charge is 2.62. The van der Waals surface area contributed by atoms with Crippen molar-refractivity contribution in [1.82, 2.24) is 4.90 Å². The van der Waals surface area contributed by atoms with Gasteiger partial charge in [-0.15, -0.1) is 0 Å². The van der Waals surface area contributed by atoms with Gasteiger partial charge >= 0.3 is 0 Å². The van der Waals surface area contributed by atoms with Gasteiger partial charge in [0, 0.05) is 13.0 Å². The van der Waals surface area contributed by atoms with Gasteiger partial charge in [-0.3, -0.25) is 4.79 Å². The molecule has 216 valence electrons. The monoisotopic (exact) mass is 537 g/mol. The summed E-state index contributed by atoms with van der Waals surface area (Å²) in [7, 11) is 0. The Morgan fingerprint density at radius 3 is 2.56 bits per heavy atom. The van der Waals surface area contributed by atoms with Crippen molar-refractivity contribution in [3.63, 3.8) is 0 Å². The Hall–Kier alpha value is -1.43. The Morgan fingerprint density at radius 2 is 1.77 bits per heavy atom. The van der Waals surface area contributed by atoms with E-state index < -0.39 is 0 Å². The highest BCUT2D eigenvalue weighted by Crippen LogP contribution is 2.68. The van der Waals surface area contributed by atoms with Crippen molar-refractivity contribution < 1.29 is 19.7 Å². The lowest BCUT2D eigenvalue weighted by Gasteiger charge is -2.62. The number of fused-ring (bicyclic) bond motifs is 5. The first kappa shape index (κ1) is 27.7. The largest absolute Gasteiger partial charge is 0.393 e. The summed E-state index contributed by atoms with van der Waals surface area (Å²) in [6.45, 7) is 9.36. The number of benzene rings is 1. The van der Waals surface area contributed by atoms with Gasteiger partial charge < -0.3 is 19.8 Å². The van der Waals surface area contributed by atoms with E-state index in [1.807, 2.05) is 23.1 Å². The third kappa shape index (κ3) is 4.89. The van der Waals surface area contributed by atoms with Gasteiger partial charge in [0.2, 0.25) is 5.91 Å². The van der Waals surface area contributed by atoms with Crippen LogP contribution in [-0.4, -0.2) is 52.9 Å². The van der Waals surface area contributed by atoms with E-state index >= 15 is 0 Å². The van der Waals surface area contributed by atoms with Crippen molar-refractivity contribution in [1.29, 1.82) is 0 Å². The number of aliphatic hydroxyl groups excluding tert-OH is 2. The third-order valence-corrected chi connectivity index (χ3v) is 12.8. The van der Waals surface area contributed by atoms with E-state index in [1.54, 1.807) is 0 Å². The second kappa shape index (κ2) is 10.8. The number of rotatable bonds is 5. The first-order valence-corrected chi connectivity index (χ1v) is 16.0. The number of carbonyl (C=O) groups is 1. The minimum absolute atomic E-state index is 0.0261. The number of aliphatic hydroxyl groups is 2. The molecule has 1 amide bonds. The molecule has 1 aromatic rings. The van der Waals surface area contributed by atoms with Crippen LogP contribution in [0.2, 0.25) is 0 Å². The van der Waals surface area contributed by atoms with Crippen LogP contribution in [0.1, 0.15) is 96.6 Å². The van der Waals surface area contributed by atoms with Crippen molar-refractivity contribution in [3.8, 4) is 0 Å². The highest BCUT2D eigenvalue weighted by molar-refractivity contribution is 5.76. The molecule has 6 rings (SSSR count). The lowest BCUT2D eigenvalue weighted by molar-refractivity contribution is -0.174. The van der Waals surface area contributed by atoms with E-state index in [2.05, 4.69) is 32.9 Å². The maximum Gasteiger partial charge on any atom is 0.222 e. The summed E-state index contributed by atoms with van der Waals surface area (Å²) in [5.74, 6) is 3.46. The van der Waals surface area contributed by atoms with Gasteiger partial charge in [0.25, 0.3) is 0 Å². The second-order valence-corrected chi connectivity index (χ2v) is 14.6. The van der Waals surface area contributed by atoms with Gasteiger partial charge in [-0.2, -0.15) is 0 Å². The number of hydrogen-bond acceptors (Lipinski definition) is 4. The molecule has 11 atom stereocenters. The fourth-order valence-electron chi connectivity index (χ4n) is 10.6. The van der Waals surface area contributed by atoms with Gasteiger partial charge in [-0.1, -0.05) is 51.1 Å². The molecule has 2 N–H and O–H groups in total. The van der Waals surface area contributed by atoms with E-state index in [-0.39, 0.29) is 35.0 Å². The molecule has 0 unspecified atom stereocenters. The van der Waals surface area contributed by atoms with E-state index in [1.165, 1.54) is 25.7 Å². The van der Waals surface area contributed by atoms with Gasteiger partial charge in [-0.25, -0.2) is 0 Å². The Balaban J connectivity index is 1.08. The summed E-state index contributed by atoms with van der Waals surface area (Å²) in [5, 5.41) is 21.9. The molecule has 4 aliphatic carbocycles. The van der Waals surface area contributed by atoms with Crippen molar-refractivity contribution in [2.75, 3.05) is 19.7 Å². The molecule has 1 aliphatic heterocycles. The SMILES string of the molecule is C[C@H](CCC(=O)N1CCO[C@@H](c2ccccc2)C1)[C@@H]1CC[C@@H]2[C@H]3[C@@H](CC[C@@]21C)[C@@]1(C)CC[C@@H](O)C[C@@H]1C[C@@H]3O. The molecule has 0 aromatic heterocycles. The fourth-order valence-corrected chi connectivity index (χ4v) is 10.6. The zero-order valence-corrected chi connectivity index (χ0v) is 24.4. The number of amides is 1. The van der Waals surface area contributed by atoms with Crippen molar-refractivity contribution >= 4 is 5.91 Å². The Labute approximate surface area is 235 Å². The number of nitrogens with zero attached hydrogens (tertiary/aromatic N) is 1. The summed E-state index contributed by atoms with van der Waals surface area (Å²) in [6, 6.07) is 10.3. The number of morpholine rings is 1. The lowest BCUT2D eigenvalue weighted by Crippen LogP contribution is -2.58. The smallest absolute Gasteiger partial charge is 0.222 e. The Kier molecular flexibility index (Phi) is 7.65. The molecule has 5 heteroatoms. The zero-order chi connectivity index (χ0) is 27.4. The molecule has 5 nitrogen and oxygen atoms in total. The van der Waals surface area contributed by atoms with E-state index in [4.69, 9.17) is 4.74 Å². The predicted octanol–water partition coefficient (Wildman–Crippen LogP) is 5.99. The first-order chi connectivity index (χ1) is 18.7. The summed E-state index contributed by atoms with van der Waals surface area (Å²) in [5.41, 5.74) is 1.69. The molecule has 4 saturated carbocycles. The molecule has 39 heavy (non-hydrogen) atoms. The van der Waals surface area contributed by atoms with Crippen LogP contribution >= 0.6 is 0 Å². The minimum atomic E-state index is -0.225.